The van der Waals surface area contributed by atoms with Gasteiger partial charge >= 0.3 is 130 Å². The van der Waals surface area contributed by atoms with E-state index < -0.39 is 0 Å². The van der Waals surface area contributed by atoms with Crippen LogP contribution in [0.1, 0.15) is 30.0 Å². The normalized spacial score (nSPS) is 16.0. The van der Waals surface area contributed by atoms with Crippen molar-refractivity contribution in [2.24, 2.45) is 5.92 Å². The zero-order chi connectivity index (χ0) is 14.2. The van der Waals surface area contributed by atoms with Gasteiger partial charge in [-0.2, -0.15) is 0 Å². The SMILES string of the molecule is Cc1ccc(C(Nc2cccc3n[se]nc23)C2CC2)cc1. The first-order valence-corrected chi connectivity index (χ1v) is 8.89. The summed E-state index contributed by atoms with van der Waals surface area (Å²) in [6.07, 6.45) is 2.62. The summed E-state index contributed by atoms with van der Waals surface area (Å²) in [7, 11) is 0. The maximum atomic E-state index is 4.57. The molecule has 1 aliphatic carbocycles. The molecule has 4 heteroatoms. The van der Waals surface area contributed by atoms with E-state index in [1.807, 2.05) is 0 Å². The molecule has 0 bridgehead atoms. The first kappa shape index (κ1) is 13.1. The second-order valence-corrected chi connectivity index (χ2v) is 6.92. The molecule has 0 amide bonds. The van der Waals surface area contributed by atoms with Gasteiger partial charge in [-0.3, -0.25) is 0 Å². The van der Waals surface area contributed by atoms with Crippen LogP contribution in [0.4, 0.5) is 5.69 Å². The molecule has 1 unspecified atom stereocenters. The Morgan fingerprint density at radius 3 is 2.67 bits per heavy atom. The van der Waals surface area contributed by atoms with Crippen LogP contribution in [0, 0.1) is 12.8 Å². The predicted molar refractivity (Wildman–Crippen MR) is 86.7 cm³/mol. The van der Waals surface area contributed by atoms with Crippen LogP contribution in [0.3, 0.4) is 0 Å². The van der Waals surface area contributed by atoms with Crippen molar-refractivity contribution in [3.05, 3.63) is 53.6 Å². The summed E-state index contributed by atoms with van der Waals surface area (Å²) >= 11 is 0.0268. The number of rotatable bonds is 4. The van der Waals surface area contributed by atoms with Gasteiger partial charge in [0.05, 0.1) is 0 Å². The second kappa shape index (κ2) is 5.28. The molecule has 1 heterocycles. The predicted octanol–water partition coefficient (Wildman–Crippen LogP) is 3.56. The third-order valence-corrected chi connectivity index (χ3v) is 5.27. The Balaban J connectivity index is 1.69. The van der Waals surface area contributed by atoms with E-state index in [1.54, 1.807) is 0 Å². The fourth-order valence-corrected chi connectivity index (χ4v) is 3.92. The number of fused-ring (bicyclic) bond motifs is 1. The van der Waals surface area contributed by atoms with Crippen LogP contribution in [0.25, 0.3) is 11.0 Å². The Morgan fingerprint density at radius 2 is 1.90 bits per heavy atom. The summed E-state index contributed by atoms with van der Waals surface area (Å²) in [6, 6.07) is 15.5. The van der Waals surface area contributed by atoms with Gasteiger partial charge in [0.15, 0.2) is 0 Å². The molecule has 0 saturated heterocycles. The Labute approximate surface area is 130 Å². The number of aromatic nitrogens is 2. The second-order valence-electron chi connectivity index (χ2n) is 5.81. The van der Waals surface area contributed by atoms with Crippen LogP contribution in [0.2, 0.25) is 0 Å². The number of nitrogens with zero attached hydrogens (tertiary/aromatic N) is 2. The molecule has 1 aromatic heterocycles. The van der Waals surface area contributed by atoms with Crippen LogP contribution in [0.5, 0.6) is 0 Å². The van der Waals surface area contributed by atoms with Crippen molar-refractivity contribution >= 4 is 31.7 Å². The van der Waals surface area contributed by atoms with Crippen molar-refractivity contribution in [1.29, 1.82) is 0 Å². The number of nitrogens with one attached hydrogen (secondary N) is 1. The van der Waals surface area contributed by atoms with Crippen LogP contribution in [0.15, 0.2) is 42.5 Å². The Morgan fingerprint density at radius 1 is 1.10 bits per heavy atom. The molecule has 0 radical (unpaired) electrons. The van der Waals surface area contributed by atoms with Gasteiger partial charge in [0.2, 0.25) is 0 Å². The molecule has 106 valence electrons. The van der Waals surface area contributed by atoms with Gasteiger partial charge in [-0.25, -0.2) is 0 Å². The Bertz CT molecular complexity index is 759. The first-order valence-electron chi connectivity index (χ1n) is 7.35. The maximum absolute atomic E-state index is 4.57. The number of hydrogen-bond acceptors (Lipinski definition) is 3. The van der Waals surface area contributed by atoms with Crippen LogP contribution in [-0.2, 0) is 0 Å². The summed E-state index contributed by atoms with van der Waals surface area (Å²) in [5.41, 5.74) is 5.91. The molecule has 21 heavy (non-hydrogen) atoms. The standard InChI is InChI=1S/C17H17N3Se/c1-11-5-7-12(8-6-11)16(13-9-10-13)18-14-3-2-4-15-17(14)20-21-19-15/h2-8,13,16,18H,9-10H2,1H3. The van der Waals surface area contributed by atoms with Gasteiger partial charge in [-0.1, -0.05) is 0 Å². The number of benzene rings is 2. The third kappa shape index (κ3) is 2.61. The molecule has 3 nitrogen and oxygen atoms in total. The van der Waals surface area contributed by atoms with E-state index in [4.69, 9.17) is 0 Å². The number of aryl methyl sites for hydroxylation is 1. The molecular formula is C17H17N3Se. The Hall–Kier alpha value is -1.64. The van der Waals surface area contributed by atoms with Crippen molar-refractivity contribution in [3.63, 3.8) is 0 Å². The summed E-state index contributed by atoms with van der Waals surface area (Å²) in [5.74, 6) is 0.743. The minimum absolute atomic E-state index is 0.0268. The minimum atomic E-state index is 0.0268. The molecule has 1 aliphatic rings. The molecule has 4 rings (SSSR count). The van der Waals surface area contributed by atoms with Gasteiger partial charge in [0.1, 0.15) is 0 Å². The zero-order valence-electron chi connectivity index (χ0n) is 11.9. The number of hydrogen-bond donors (Lipinski definition) is 1. The average molecular weight is 342 g/mol. The van der Waals surface area contributed by atoms with E-state index in [2.05, 4.69) is 62.7 Å². The zero-order valence-corrected chi connectivity index (χ0v) is 13.6. The Kier molecular flexibility index (Phi) is 3.28. The van der Waals surface area contributed by atoms with Crippen molar-refractivity contribution in [2.75, 3.05) is 5.32 Å². The van der Waals surface area contributed by atoms with Crippen molar-refractivity contribution in [1.82, 2.24) is 7.96 Å². The molecule has 1 saturated carbocycles. The van der Waals surface area contributed by atoms with E-state index >= 15 is 0 Å². The van der Waals surface area contributed by atoms with Gasteiger partial charge in [0, 0.05) is 0 Å². The number of anilines is 1. The summed E-state index contributed by atoms with van der Waals surface area (Å²) in [5, 5.41) is 3.73. The van der Waals surface area contributed by atoms with E-state index in [0.717, 1.165) is 22.6 Å². The quantitative estimate of drug-likeness (QED) is 0.737. The monoisotopic (exact) mass is 343 g/mol. The molecular weight excluding hydrogens is 325 g/mol. The van der Waals surface area contributed by atoms with E-state index in [1.165, 1.54) is 24.0 Å². The van der Waals surface area contributed by atoms with Gasteiger partial charge in [0.25, 0.3) is 0 Å². The fraction of sp³-hybridized carbons (Fsp3) is 0.294. The van der Waals surface area contributed by atoms with E-state index in [0.29, 0.717) is 6.04 Å². The molecule has 0 spiro atoms. The molecule has 0 aliphatic heterocycles. The van der Waals surface area contributed by atoms with Crippen molar-refractivity contribution < 1.29 is 0 Å². The summed E-state index contributed by atoms with van der Waals surface area (Å²) < 4.78 is 9.04. The fourth-order valence-electron chi connectivity index (χ4n) is 2.77. The molecule has 2 aromatic carbocycles. The van der Waals surface area contributed by atoms with Crippen molar-refractivity contribution in [2.45, 2.75) is 25.8 Å². The van der Waals surface area contributed by atoms with Gasteiger partial charge < -0.3 is 0 Å². The van der Waals surface area contributed by atoms with Crippen LogP contribution < -0.4 is 5.32 Å². The third-order valence-electron chi connectivity index (χ3n) is 4.13. The van der Waals surface area contributed by atoms with Crippen molar-refractivity contribution in [3.8, 4) is 0 Å². The molecule has 1 N–H and O–H groups in total. The van der Waals surface area contributed by atoms with Crippen LogP contribution >= 0.6 is 0 Å². The average Bonchev–Trinajstić information content (AvgIpc) is 3.22. The van der Waals surface area contributed by atoms with E-state index in [-0.39, 0.29) is 15.0 Å². The first-order chi connectivity index (χ1) is 10.3. The van der Waals surface area contributed by atoms with Gasteiger partial charge in [-0.15, -0.1) is 0 Å². The topological polar surface area (TPSA) is 37.8 Å². The molecule has 3 aromatic rings. The van der Waals surface area contributed by atoms with Crippen LogP contribution in [-0.4, -0.2) is 22.9 Å². The molecule has 1 atom stereocenters. The molecule has 1 fully saturated rings. The summed E-state index contributed by atoms with van der Waals surface area (Å²) in [4.78, 5) is 0. The summed E-state index contributed by atoms with van der Waals surface area (Å²) in [6.45, 7) is 2.13. The van der Waals surface area contributed by atoms with E-state index in [9.17, 15) is 0 Å². The van der Waals surface area contributed by atoms with Gasteiger partial charge in [-0.05, 0) is 0 Å².